The van der Waals surface area contributed by atoms with Gasteiger partial charge in [0.05, 0.1) is 4.92 Å². The molecule has 0 bridgehead atoms. The Bertz CT molecular complexity index is 820. The predicted octanol–water partition coefficient (Wildman–Crippen LogP) is 2.56. The predicted molar refractivity (Wildman–Crippen MR) is 94.7 cm³/mol. The SMILES string of the molecule is CC(C)c1ccccc1OCC(=O)NNC(=O)c1cccc([N+](=O)[O-])c1. The molecule has 0 saturated carbocycles. The quantitative estimate of drug-likeness (QED) is 0.610. The van der Waals surface area contributed by atoms with Crippen LogP contribution in [-0.2, 0) is 4.79 Å². The summed E-state index contributed by atoms with van der Waals surface area (Å²) < 4.78 is 5.50. The van der Waals surface area contributed by atoms with Gasteiger partial charge in [-0.1, -0.05) is 38.1 Å². The molecule has 2 N–H and O–H groups in total. The van der Waals surface area contributed by atoms with E-state index in [0.29, 0.717) is 5.75 Å². The summed E-state index contributed by atoms with van der Waals surface area (Å²) in [7, 11) is 0. The number of nitrogens with one attached hydrogen (secondary N) is 2. The zero-order valence-corrected chi connectivity index (χ0v) is 14.4. The average Bonchev–Trinajstić information content (AvgIpc) is 2.64. The number of benzene rings is 2. The maximum Gasteiger partial charge on any atom is 0.276 e. The van der Waals surface area contributed by atoms with Crippen LogP contribution >= 0.6 is 0 Å². The molecule has 0 unspecified atom stereocenters. The van der Waals surface area contributed by atoms with Gasteiger partial charge in [0, 0.05) is 17.7 Å². The molecule has 0 aliphatic heterocycles. The van der Waals surface area contributed by atoms with E-state index >= 15 is 0 Å². The van der Waals surface area contributed by atoms with Gasteiger partial charge in [-0.05, 0) is 23.6 Å². The van der Waals surface area contributed by atoms with Crippen molar-refractivity contribution in [2.24, 2.45) is 0 Å². The first-order valence-electron chi connectivity index (χ1n) is 7.94. The number of para-hydroxylation sites is 1. The molecule has 2 aromatic rings. The Kier molecular flexibility index (Phi) is 6.26. The molecule has 8 heteroatoms. The van der Waals surface area contributed by atoms with Crippen LogP contribution in [0, 0.1) is 10.1 Å². The lowest BCUT2D eigenvalue weighted by Crippen LogP contribution is -2.43. The molecule has 0 fully saturated rings. The maximum absolute atomic E-state index is 12.0. The molecular weight excluding hydrogens is 338 g/mol. The molecule has 0 aromatic heterocycles. The first-order chi connectivity index (χ1) is 12.4. The highest BCUT2D eigenvalue weighted by atomic mass is 16.6. The minimum absolute atomic E-state index is 0.0607. The molecule has 0 heterocycles. The van der Waals surface area contributed by atoms with Crippen molar-refractivity contribution in [1.82, 2.24) is 10.9 Å². The normalized spacial score (nSPS) is 10.3. The van der Waals surface area contributed by atoms with E-state index in [9.17, 15) is 19.7 Å². The highest BCUT2D eigenvalue weighted by Gasteiger charge is 2.13. The lowest BCUT2D eigenvalue weighted by atomic mass is 10.0. The van der Waals surface area contributed by atoms with E-state index in [0.717, 1.165) is 11.6 Å². The van der Waals surface area contributed by atoms with E-state index in [4.69, 9.17) is 4.74 Å². The zero-order valence-electron chi connectivity index (χ0n) is 14.4. The summed E-state index contributed by atoms with van der Waals surface area (Å²) in [6.45, 7) is 3.75. The van der Waals surface area contributed by atoms with Gasteiger partial charge < -0.3 is 4.74 Å². The Morgan fingerprint density at radius 2 is 1.85 bits per heavy atom. The fraction of sp³-hybridized carbons (Fsp3) is 0.222. The van der Waals surface area contributed by atoms with Crippen LogP contribution in [0.4, 0.5) is 5.69 Å². The van der Waals surface area contributed by atoms with Crippen LogP contribution in [0.1, 0.15) is 35.7 Å². The Morgan fingerprint density at radius 3 is 2.54 bits per heavy atom. The number of hydrogen-bond acceptors (Lipinski definition) is 5. The van der Waals surface area contributed by atoms with Crippen molar-refractivity contribution >= 4 is 17.5 Å². The van der Waals surface area contributed by atoms with Crippen molar-refractivity contribution in [2.45, 2.75) is 19.8 Å². The first-order valence-corrected chi connectivity index (χ1v) is 7.94. The summed E-state index contributed by atoms with van der Waals surface area (Å²) in [5.74, 6) is -0.377. The Balaban J connectivity index is 1.88. The van der Waals surface area contributed by atoms with Crippen molar-refractivity contribution < 1.29 is 19.2 Å². The molecule has 136 valence electrons. The van der Waals surface area contributed by atoms with Gasteiger partial charge in [-0.2, -0.15) is 0 Å². The molecule has 2 rings (SSSR count). The fourth-order valence-electron chi connectivity index (χ4n) is 2.23. The summed E-state index contributed by atoms with van der Waals surface area (Å²) in [6.07, 6.45) is 0. The monoisotopic (exact) mass is 357 g/mol. The summed E-state index contributed by atoms with van der Waals surface area (Å²) in [6, 6.07) is 12.6. The number of ether oxygens (including phenoxy) is 1. The molecule has 0 spiro atoms. The lowest BCUT2D eigenvalue weighted by Gasteiger charge is -2.14. The molecule has 26 heavy (non-hydrogen) atoms. The van der Waals surface area contributed by atoms with Gasteiger partial charge in [-0.15, -0.1) is 0 Å². The van der Waals surface area contributed by atoms with Gasteiger partial charge >= 0.3 is 0 Å². The number of nitro groups is 1. The summed E-state index contributed by atoms with van der Waals surface area (Å²) in [5, 5.41) is 10.7. The van der Waals surface area contributed by atoms with Gasteiger partial charge in [-0.25, -0.2) is 0 Å². The molecule has 2 aromatic carbocycles. The van der Waals surface area contributed by atoms with Crippen LogP contribution in [0.2, 0.25) is 0 Å². The third kappa shape index (κ3) is 5.04. The summed E-state index contributed by atoms with van der Waals surface area (Å²) in [5.41, 5.74) is 5.24. The number of nitrogens with zero attached hydrogens (tertiary/aromatic N) is 1. The number of carbonyl (C=O) groups excluding carboxylic acids is 2. The minimum atomic E-state index is -0.662. The smallest absolute Gasteiger partial charge is 0.276 e. The van der Waals surface area contributed by atoms with Crippen molar-refractivity contribution in [1.29, 1.82) is 0 Å². The molecular formula is C18H19N3O5. The van der Waals surface area contributed by atoms with Crippen LogP contribution in [0.5, 0.6) is 5.75 Å². The van der Waals surface area contributed by atoms with Gasteiger partial charge in [-0.3, -0.25) is 30.6 Å². The molecule has 8 nitrogen and oxygen atoms in total. The Morgan fingerprint density at radius 1 is 1.12 bits per heavy atom. The van der Waals surface area contributed by atoms with Crippen LogP contribution in [-0.4, -0.2) is 23.3 Å². The molecule has 0 saturated heterocycles. The maximum atomic E-state index is 12.0. The Hall–Kier alpha value is -3.42. The third-order valence-corrected chi connectivity index (χ3v) is 3.53. The van der Waals surface area contributed by atoms with Crippen LogP contribution in [0.3, 0.4) is 0 Å². The standard InChI is InChI=1S/C18H19N3O5/c1-12(2)15-8-3-4-9-16(15)26-11-17(22)19-20-18(23)13-6-5-7-14(10-13)21(24)25/h3-10,12H,11H2,1-2H3,(H,19,22)(H,20,23). The van der Waals surface area contributed by atoms with E-state index in [1.807, 2.05) is 32.0 Å². The van der Waals surface area contributed by atoms with Gasteiger partial charge in [0.1, 0.15) is 5.75 Å². The number of non-ortho nitro benzene ring substituents is 1. The third-order valence-electron chi connectivity index (χ3n) is 3.53. The second-order valence-electron chi connectivity index (χ2n) is 5.79. The van der Waals surface area contributed by atoms with Crippen LogP contribution < -0.4 is 15.6 Å². The number of amides is 2. The molecule has 0 aliphatic carbocycles. The summed E-state index contributed by atoms with van der Waals surface area (Å²) in [4.78, 5) is 33.9. The second-order valence-corrected chi connectivity index (χ2v) is 5.79. The van der Waals surface area contributed by atoms with E-state index in [1.165, 1.54) is 18.2 Å². The molecule has 2 amide bonds. The molecule has 0 aliphatic rings. The second kappa shape index (κ2) is 8.61. The zero-order chi connectivity index (χ0) is 19.1. The van der Waals surface area contributed by atoms with Crippen molar-refractivity contribution in [3.8, 4) is 5.75 Å². The molecule has 0 atom stereocenters. The minimum Gasteiger partial charge on any atom is -0.483 e. The van der Waals surface area contributed by atoms with E-state index in [2.05, 4.69) is 10.9 Å². The average molecular weight is 357 g/mol. The topological polar surface area (TPSA) is 111 Å². The summed E-state index contributed by atoms with van der Waals surface area (Å²) >= 11 is 0. The van der Waals surface area contributed by atoms with E-state index in [-0.39, 0.29) is 23.8 Å². The first kappa shape index (κ1) is 18.9. The highest BCUT2D eigenvalue weighted by molar-refractivity contribution is 5.96. The number of hydrazine groups is 1. The van der Waals surface area contributed by atoms with E-state index in [1.54, 1.807) is 6.07 Å². The van der Waals surface area contributed by atoms with E-state index < -0.39 is 16.7 Å². The van der Waals surface area contributed by atoms with Crippen molar-refractivity contribution in [2.75, 3.05) is 6.61 Å². The molecule has 0 radical (unpaired) electrons. The number of rotatable bonds is 6. The Labute approximate surface area is 150 Å². The van der Waals surface area contributed by atoms with Gasteiger partial charge in [0.15, 0.2) is 6.61 Å². The number of nitro benzene ring substituents is 1. The van der Waals surface area contributed by atoms with Crippen molar-refractivity contribution in [3.05, 3.63) is 69.8 Å². The number of carbonyl (C=O) groups is 2. The van der Waals surface area contributed by atoms with Crippen molar-refractivity contribution in [3.63, 3.8) is 0 Å². The number of hydrogen-bond donors (Lipinski definition) is 2. The van der Waals surface area contributed by atoms with Gasteiger partial charge in [0.2, 0.25) is 0 Å². The largest absolute Gasteiger partial charge is 0.483 e. The van der Waals surface area contributed by atoms with Crippen LogP contribution in [0.15, 0.2) is 48.5 Å². The van der Waals surface area contributed by atoms with Crippen LogP contribution in [0.25, 0.3) is 0 Å². The fourth-order valence-corrected chi connectivity index (χ4v) is 2.23. The highest BCUT2D eigenvalue weighted by Crippen LogP contribution is 2.25. The van der Waals surface area contributed by atoms with Gasteiger partial charge in [0.25, 0.3) is 17.5 Å². The lowest BCUT2D eigenvalue weighted by molar-refractivity contribution is -0.384.